The lowest BCUT2D eigenvalue weighted by molar-refractivity contribution is 0.0929. The van der Waals surface area contributed by atoms with Crippen molar-refractivity contribution in [3.8, 4) is 0 Å². The van der Waals surface area contributed by atoms with Gasteiger partial charge in [-0.3, -0.25) is 4.79 Å². The number of hydrogen-bond donors (Lipinski definition) is 2. The first kappa shape index (κ1) is 16.5. The summed E-state index contributed by atoms with van der Waals surface area (Å²) in [6.45, 7) is 6.52. The van der Waals surface area contributed by atoms with Crippen LogP contribution in [-0.2, 0) is 0 Å². The average molecular weight is 354 g/mol. The molecule has 7 heteroatoms. The van der Waals surface area contributed by atoms with E-state index in [1.165, 1.54) is 18.2 Å². The van der Waals surface area contributed by atoms with E-state index in [-0.39, 0.29) is 17.1 Å². The summed E-state index contributed by atoms with van der Waals surface area (Å²) in [6.07, 6.45) is 2.07. The minimum Gasteiger partial charge on any atom is -0.349 e. The van der Waals surface area contributed by atoms with Gasteiger partial charge in [-0.2, -0.15) is 0 Å². The van der Waals surface area contributed by atoms with Crippen molar-refractivity contribution in [2.24, 2.45) is 0 Å². The third-order valence-electron chi connectivity index (χ3n) is 4.78. The Morgan fingerprint density at radius 2 is 2.09 bits per heavy atom. The fourth-order valence-electron chi connectivity index (χ4n) is 3.21. The van der Waals surface area contributed by atoms with Crippen molar-refractivity contribution in [2.75, 3.05) is 0 Å². The molecule has 23 heavy (non-hydrogen) atoms. The predicted molar refractivity (Wildman–Crippen MR) is 93.4 cm³/mol. The highest BCUT2D eigenvalue weighted by Crippen LogP contribution is 2.29. The standard InChI is InChI=1S/C16H21ClFN3OSi/c1-9-14-11(13(18)15(17)19-9)8-12(21-14)16(22)20-10-4-6-23(2,3)7-5-10/h8,10,21H,4-7H2,1-3H3,(H,20,22). The van der Waals surface area contributed by atoms with Gasteiger partial charge in [0, 0.05) is 19.5 Å². The summed E-state index contributed by atoms with van der Waals surface area (Å²) in [6, 6.07) is 4.19. The second kappa shape index (κ2) is 5.91. The summed E-state index contributed by atoms with van der Waals surface area (Å²) < 4.78 is 14.1. The van der Waals surface area contributed by atoms with Crippen LogP contribution in [0.3, 0.4) is 0 Å². The second-order valence-corrected chi connectivity index (χ2v) is 12.9. The van der Waals surface area contributed by atoms with Gasteiger partial charge in [0.15, 0.2) is 11.0 Å². The summed E-state index contributed by atoms with van der Waals surface area (Å²) in [5.41, 5.74) is 1.46. The van der Waals surface area contributed by atoms with Gasteiger partial charge in [-0.05, 0) is 25.8 Å². The molecule has 1 saturated heterocycles. The van der Waals surface area contributed by atoms with Gasteiger partial charge in [0.05, 0.1) is 11.2 Å². The maximum Gasteiger partial charge on any atom is 0.267 e. The quantitative estimate of drug-likeness (QED) is 0.626. The number of hydrogen-bond acceptors (Lipinski definition) is 2. The number of nitrogens with one attached hydrogen (secondary N) is 2. The molecular weight excluding hydrogens is 333 g/mol. The molecule has 2 aromatic rings. The van der Waals surface area contributed by atoms with E-state index in [0.717, 1.165) is 12.8 Å². The Morgan fingerprint density at radius 1 is 1.43 bits per heavy atom. The number of carbonyl (C=O) groups excluding carboxylic acids is 1. The maximum atomic E-state index is 14.1. The number of pyridine rings is 1. The van der Waals surface area contributed by atoms with E-state index in [9.17, 15) is 9.18 Å². The van der Waals surface area contributed by atoms with Gasteiger partial charge in [-0.25, -0.2) is 9.37 Å². The van der Waals surface area contributed by atoms with Crippen molar-refractivity contribution >= 4 is 36.5 Å². The molecule has 0 aromatic carbocycles. The zero-order valence-corrected chi connectivity index (χ0v) is 15.4. The van der Waals surface area contributed by atoms with Gasteiger partial charge in [-0.15, -0.1) is 0 Å². The number of aromatic nitrogens is 2. The maximum absolute atomic E-state index is 14.1. The Balaban J connectivity index is 1.79. The number of halogens is 2. The Bertz CT molecular complexity index is 764. The lowest BCUT2D eigenvalue weighted by Gasteiger charge is -2.33. The molecule has 2 N–H and O–H groups in total. The topological polar surface area (TPSA) is 57.8 Å². The van der Waals surface area contributed by atoms with Gasteiger partial charge in [0.1, 0.15) is 5.69 Å². The molecule has 1 aliphatic rings. The van der Waals surface area contributed by atoms with E-state index in [0.29, 0.717) is 22.3 Å². The Hall–Kier alpha value is -1.40. The number of rotatable bonds is 2. The minimum atomic E-state index is -1.04. The number of H-pyrrole nitrogens is 1. The summed E-state index contributed by atoms with van der Waals surface area (Å²) in [5, 5.41) is 3.21. The van der Waals surface area contributed by atoms with E-state index in [2.05, 4.69) is 28.4 Å². The Morgan fingerprint density at radius 3 is 2.74 bits per heavy atom. The number of carbonyl (C=O) groups is 1. The molecule has 2 aromatic heterocycles. The number of aromatic amines is 1. The van der Waals surface area contributed by atoms with Gasteiger partial charge >= 0.3 is 0 Å². The molecule has 0 spiro atoms. The highest BCUT2D eigenvalue weighted by molar-refractivity contribution is 6.77. The first-order valence-electron chi connectivity index (χ1n) is 7.92. The van der Waals surface area contributed by atoms with Crippen LogP contribution in [0.1, 0.15) is 29.0 Å². The van der Waals surface area contributed by atoms with Crippen LogP contribution in [0.5, 0.6) is 0 Å². The average Bonchev–Trinajstić information content (AvgIpc) is 2.93. The lowest BCUT2D eigenvalue weighted by atomic mass is 10.1. The molecule has 0 radical (unpaired) electrons. The van der Waals surface area contributed by atoms with Gasteiger partial charge in [0.2, 0.25) is 0 Å². The van der Waals surface area contributed by atoms with Crippen LogP contribution in [0.2, 0.25) is 30.3 Å². The van der Waals surface area contributed by atoms with Crippen molar-refractivity contribution in [1.82, 2.24) is 15.3 Å². The van der Waals surface area contributed by atoms with E-state index in [1.807, 2.05) is 0 Å². The van der Waals surface area contributed by atoms with Crippen molar-refractivity contribution < 1.29 is 9.18 Å². The monoisotopic (exact) mass is 353 g/mol. The summed E-state index contributed by atoms with van der Waals surface area (Å²) in [4.78, 5) is 19.4. The molecule has 0 bridgehead atoms. The van der Waals surface area contributed by atoms with Gasteiger partial charge < -0.3 is 10.3 Å². The molecule has 3 rings (SSSR count). The molecule has 0 atom stereocenters. The van der Waals surface area contributed by atoms with Crippen molar-refractivity contribution in [3.63, 3.8) is 0 Å². The van der Waals surface area contributed by atoms with Crippen LogP contribution >= 0.6 is 11.6 Å². The minimum absolute atomic E-state index is 0.166. The molecular formula is C16H21ClFN3OSi. The van der Waals surface area contributed by atoms with E-state index in [4.69, 9.17) is 11.6 Å². The molecule has 1 amide bonds. The Labute approximate surface area is 140 Å². The SMILES string of the molecule is Cc1nc(Cl)c(F)c2cc(C(=O)NC3CC[Si](C)(C)CC3)[nH]c12. The van der Waals surface area contributed by atoms with Crippen LogP contribution in [0.25, 0.3) is 10.9 Å². The van der Waals surface area contributed by atoms with Crippen molar-refractivity contribution in [1.29, 1.82) is 0 Å². The molecule has 3 heterocycles. The molecule has 0 unspecified atom stereocenters. The first-order valence-corrected chi connectivity index (χ1v) is 11.7. The highest BCUT2D eigenvalue weighted by atomic mass is 35.5. The zero-order chi connectivity index (χ0) is 16.8. The zero-order valence-electron chi connectivity index (χ0n) is 13.6. The number of aryl methyl sites for hydroxylation is 1. The summed E-state index contributed by atoms with van der Waals surface area (Å²) in [7, 11) is -1.04. The third kappa shape index (κ3) is 3.28. The number of nitrogens with zero attached hydrogens (tertiary/aromatic N) is 1. The molecule has 1 fully saturated rings. The summed E-state index contributed by atoms with van der Waals surface area (Å²) >= 11 is 5.77. The third-order valence-corrected chi connectivity index (χ3v) is 8.32. The highest BCUT2D eigenvalue weighted by Gasteiger charge is 2.29. The smallest absolute Gasteiger partial charge is 0.267 e. The number of fused-ring (bicyclic) bond motifs is 1. The lowest BCUT2D eigenvalue weighted by Crippen LogP contribution is -2.42. The van der Waals surface area contributed by atoms with Crippen molar-refractivity contribution in [3.05, 3.63) is 28.4 Å². The molecule has 0 saturated carbocycles. The van der Waals surface area contributed by atoms with Gasteiger partial charge in [0.25, 0.3) is 5.91 Å². The van der Waals surface area contributed by atoms with Gasteiger partial charge in [-0.1, -0.05) is 36.8 Å². The van der Waals surface area contributed by atoms with Crippen LogP contribution in [0.15, 0.2) is 6.07 Å². The molecule has 124 valence electrons. The van der Waals surface area contributed by atoms with Crippen LogP contribution in [0, 0.1) is 12.7 Å². The normalized spacial score (nSPS) is 18.3. The predicted octanol–water partition coefficient (Wildman–Crippen LogP) is 4.26. The first-order chi connectivity index (χ1) is 10.8. The van der Waals surface area contributed by atoms with Crippen molar-refractivity contribution in [2.45, 2.75) is 51.0 Å². The fourth-order valence-corrected chi connectivity index (χ4v) is 5.94. The molecule has 4 nitrogen and oxygen atoms in total. The summed E-state index contributed by atoms with van der Waals surface area (Å²) in [5.74, 6) is -0.782. The number of amides is 1. The van der Waals surface area contributed by atoms with Crippen LogP contribution in [0.4, 0.5) is 4.39 Å². The molecule has 1 aliphatic heterocycles. The fraction of sp³-hybridized carbons (Fsp3) is 0.500. The Kier molecular flexibility index (Phi) is 4.23. The van der Waals surface area contributed by atoms with E-state index < -0.39 is 13.9 Å². The second-order valence-electron chi connectivity index (χ2n) is 7.19. The van der Waals surface area contributed by atoms with E-state index in [1.54, 1.807) is 6.92 Å². The van der Waals surface area contributed by atoms with E-state index >= 15 is 0 Å². The van der Waals surface area contributed by atoms with Crippen LogP contribution < -0.4 is 5.32 Å². The largest absolute Gasteiger partial charge is 0.349 e. The van der Waals surface area contributed by atoms with Crippen LogP contribution in [-0.4, -0.2) is 30.0 Å². The molecule has 0 aliphatic carbocycles.